The zero-order valence-electron chi connectivity index (χ0n) is 11.0. The van der Waals surface area contributed by atoms with Crippen LogP contribution in [0.2, 0.25) is 0 Å². The molecule has 1 heterocycles. The number of carbonyl (C=O) groups excluding carboxylic acids is 1. The SMILES string of the molecule is O=C(CO)N[C@H]1[C@H]([C@H](O)[C@H](O)CO)O[C@@H](C(=O)O)C[C@@H]1O. The molecule has 1 saturated heterocycles. The molecule has 0 aliphatic carbocycles. The van der Waals surface area contributed by atoms with E-state index >= 15 is 0 Å². The van der Waals surface area contributed by atoms with Crippen LogP contribution in [0.15, 0.2) is 0 Å². The number of aliphatic hydroxyl groups excluding tert-OH is 5. The number of hydrogen-bond donors (Lipinski definition) is 7. The van der Waals surface area contributed by atoms with Crippen LogP contribution in [0.4, 0.5) is 0 Å². The number of rotatable bonds is 6. The van der Waals surface area contributed by atoms with Crippen molar-refractivity contribution in [1.29, 1.82) is 0 Å². The Morgan fingerprint density at radius 2 is 1.90 bits per heavy atom. The highest BCUT2D eigenvalue weighted by Gasteiger charge is 2.46. The number of amides is 1. The molecule has 0 aromatic rings. The van der Waals surface area contributed by atoms with Gasteiger partial charge in [0, 0.05) is 6.42 Å². The number of carboxylic acids is 1. The lowest BCUT2D eigenvalue weighted by molar-refractivity contribution is -0.196. The maximum atomic E-state index is 11.2. The number of aliphatic carboxylic acids is 1. The molecule has 21 heavy (non-hydrogen) atoms. The lowest BCUT2D eigenvalue weighted by Crippen LogP contribution is -2.63. The molecule has 1 amide bonds. The van der Waals surface area contributed by atoms with E-state index in [4.69, 9.17) is 20.1 Å². The highest BCUT2D eigenvalue weighted by Crippen LogP contribution is 2.24. The molecule has 0 aromatic carbocycles. The zero-order valence-corrected chi connectivity index (χ0v) is 11.0. The normalized spacial score (nSPS) is 32.2. The summed E-state index contributed by atoms with van der Waals surface area (Å²) in [7, 11) is 0. The van der Waals surface area contributed by atoms with Crippen LogP contribution < -0.4 is 5.32 Å². The van der Waals surface area contributed by atoms with E-state index < -0.39 is 61.7 Å². The van der Waals surface area contributed by atoms with Crippen molar-refractivity contribution < 1.29 is 45.0 Å². The molecule has 6 atom stereocenters. The molecule has 1 rings (SSSR count). The molecule has 1 aliphatic heterocycles. The van der Waals surface area contributed by atoms with Crippen LogP contribution in [-0.4, -0.2) is 92.3 Å². The van der Waals surface area contributed by atoms with Crippen molar-refractivity contribution in [2.75, 3.05) is 13.2 Å². The number of aliphatic hydroxyl groups is 5. The van der Waals surface area contributed by atoms with Crippen molar-refractivity contribution in [2.24, 2.45) is 0 Å². The van der Waals surface area contributed by atoms with Crippen LogP contribution in [0.1, 0.15) is 6.42 Å². The number of hydrogen-bond acceptors (Lipinski definition) is 8. The van der Waals surface area contributed by atoms with Gasteiger partial charge in [0.1, 0.15) is 24.9 Å². The van der Waals surface area contributed by atoms with Crippen molar-refractivity contribution in [3.8, 4) is 0 Å². The largest absolute Gasteiger partial charge is 0.479 e. The molecular formula is C11H19NO9. The lowest BCUT2D eigenvalue weighted by atomic mass is 9.90. The van der Waals surface area contributed by atoms with Crippen LogP contribution in [0.25, 0.3) is 0 Å². The molecule has 1 aliphatic rings. The quantitative estimate of drug-likeness (QED) is 0.256. The van der Waals surface area contributed by atoms with Gasteiger partial charge in [-0.1, -0.05) is 0 Å². The maximum Gasteiger partial charge on any atom is 0.332 e. The first kappa shape index (κ1) is 17.8. The fraction of sp³-hybridized carbons (Fsp3) is 0.818. The summed E-state index contributed by atoms with van der Waals surface area (Å²) >= 11 is 0. The van der Waals surface area contributed by atoms with Crippen molar-refractivity contribution in [3.63, 3.8) is 0 Å². The first-order valence-corrected chi connectivity index (χ1v) is 6.25. The molecule has 10 nitrogen and oxygen atoms in total. The van der Waals surface area contributed by atoms with Crippen LogP contribution >= 0.6 is 0 Å². The topological polar surface area (TPSA) is 177 Å². The average Bonchev–Trinajstić information content (AvgIpc) is 2.46. The van der Waals surface area contributed by atoms with E-state index in [1.807, 2.05) is 0 Å². The number of carbonyl (C=O) groups is 2. The van der Waals surface area contributed by atoms with Gasteiger partial charge in [-0.15, -0.1) is 0 Å². The fourth-order valence-corrected chi connectivity index (χ4v) is 2.10. The van der Waals surface area contributed by atoms with Crippen LogP contribution in [0.3, 0.4) is 0 Å². The number of nitrogens with one attached hydrogen (secondary N) is 1. The van der Waals surface area contributed by atoms with E-state index in [1.165, 1.54) is 0 Å². The number of ether oxygens (including phenoxy) is 1. The molecule has 0 unspecified atom stereocenters. The van der Waals surface area contributed by atoms with Gasteiger partial charge >= 0.3 is 5.97 Å². The van der Waals surface area contributed by atoms with E-state index in [1.54, 1.807) is 0 Å². The Hall–Kier alpha value is -1.30. The van der Waals surface area contributed by atoms with Gasteiger partial charge < -0.3 is 40.7 Å². The predicted octanol–water partition coefficient (Wildman–Crippen LogP) is -4.22. The first-order valence-electron chi connectivity index (χ1n) is 6.25. The van der Waals surface area contributed by atoms with Crippen LogP contribution in [0.5, 0.6) is 0 Å². The Morgan fingerprint density at radius 3 is 2.38 bits per heavy atom. The molecule has 122 valence electrons. The minimum atomic E-state index is -1.74. The lowest BCUT2D eigenvalue weighted by Gasteiger charge is -2.41. The fourth-order valence-electron chi connectivity index (χ4n) is 2.10. The molecule has 0 bridgehead atoms. The third kappa shape index (κ3) is 4.33. The third-order valence-electron chi connectivity index (χ3n) is 3.21. The molecule has 0 saturated carbocycles. The van der Waals surface area contributed by atoms with Gasteiger partial charge in [0.25, 0.3) is 0 Å². The summed E-state index contributed by atoms with van der Waals surface area (Å²) in [5.74, 6) is -2.25. The van der Waals surface area contributed by atoms with Crippen molar-refractivity contribution in [1.82, 2.24) is 5.32 Å². The molecule has 0 radical (unpaired) electrons. The maximum absolute atomic E-state index is 11.2. The molecule has 0 spiro atoms. The summed E-state index contributed by atoms with van der Waals surface area (Å²) < 4.78 is 5.08. The van der Waals surface area contributed by atoms with E-state index in [2.05, 4.69) is 5.32 Å². The van der Waals surface area contributed by atoms with Gasteiger partial charge in [0.15, 0.2) is 6.10 Å². The van der Waals surface area contributed by atoms with Crippen LogP contribution in [-0.2, 0) is 14.3 Å². The van der Waals surface area contributed by atoms with Gasteiger partial charge in [0.05, 0.1) is 18.8 Å². The van der Waals surface area contributed by atoms with E-state index in [0.29, 0.717) is 0 Å². The Kier molecular flexibility index (Phi) is 6.45. The van der Waals surface area contributed by atoms with Crippen LogP contribution in [0, 0.1) is 0 Å². The van der Waals surface area contributed by atoms with E-state index in [0.717, 1.165) is 0 Å². The summed E-state index contributed by atoms with van der Waals surface area (Å²) in [4.78, 5) is 22.1. The van der Waals surface area contributed by atoms with E-state index in [-0.39, 0.29) is 6.42 Å². The van der Waals surface area contributed by atoms with Gasteiger partial charge in [-0.25, -0.2) is 4.79 Å². The Morgan fingerprint density at radius 1 is 1.29 bits per heavy atom. The third-order valence-corrected chi connectivity index (χ3v) is 3.21. The minimum Gasteiger partial charge on any atom is -0.479 e. The van der Waals surface area contributed by atoms with Gasteiger partial charge in [-0.3, -0.25) is 4.79 Å². The second-order valence-electron chi connectivity index (χ2n) is 4.72. The van der Waals surface area contributed by atoms with E-state index in [9.17, 15) is 24.9 Å². The van der Waals surface area contributed by atoms with Crippen molar-refractivity contribution in [2.45, 2.75) is 43.0 Å². The van der Waals surface area contributed by atoms with Crippen molar-refractivity contribution >= 4 is 11.9 Å². The Bertz CT molecular complexity index is 377. The Balaban J connectivity index is 2.95. The summed E-state index contributed by atoms with van der Waals surface area (Å²) in [5, 5.41) is 57.8. The zero-order chi connectivity index (χ0) is 16.2. The first-order chi connectivity index (χ1) is 9.81. The van der Waals surface area contributed by atoms with Crippen molar-refractivity contribution in [3.05, 3.63) is 0 Å². The monoisotopic (exact) mass is 309 g/mol. The average molecular weight is 309 g/mol. The predicted molar refractivity (Wildman–Crippen MR) is 65.0 cm³/mol. The summed E-state index contributed by atoms with van der Waals surface area (Å²) in [6.07, 6.45) is -8.01. The smallest absolute Gasteiger partial charge is 0.332 e. The highest BCUT2D eigenvalue weighted by molar-refractivity contribution is 5.77. The minimum absolute atomic E-state index is 0.343. The second kappa shape index (κ2) is 7.64. The summed E-state index contributed by atoms with van der Waals surface area (Å²) in [6.45, 7) is -1.70. The van der Waals surface area contributed by atoms with Gasteiger partial charge in [-0.05, 0) is 0 Å². The summed E-state index contributed by atoms with van der Waals surface area (Å²) in [6, 6.07) is -1.24. The highest BCUT2D eigenvalue weighted by atomic mass is 16.5. The molecule has 1 fully saturated rings. The van der Waals surface area contributed by atoms with Gasteiger partial charge in [-0.2, -0.15) is 0 Å². The van der Waals surface area contributed by atoms with Gasteiger partial charge in [0.2, 0.25) is 5.91 Å². The number of carboxylic acid groups (broad SMARTS) is 1. The summed E-state index contributed by atoms with van der Waals surface area (Å²) in [5.41, 5.74) is 0. The Labute approximate surface area is 119 Å². The standard InChI is InChI=1S/C11H19NO9/c13-2-5(16)9(18)10-8(12-7(17)3-14)4(15)1-6(21-10)11(19)20/h4-6,8-10,13-16,18H,1-3H2,(H,12,17)(H,19,20)/t4-,5+,6+,8+,9+,10+/m0/s1. The molecular weight excluding hydrogens is 290 g/mol. The molecule has 0 aromatic heterocycles. The second-order valence-corrected chi connectivity index (χ2v) is 4.72. The molecule has 7 N–H and O–H groups in total. The molecule has 10 heteroatoms.